The number of ether oxygens (including phenoxy) is 5. The molecule has 442 valence electrons. The number of aromatic nitrogens is 10. The van der Waals surface area contributed by atoms with Crippen LogP contribution in [-0.2, 0) is 34.9 Å². The summed E-state index contributed by atoms with van der Waals surface area (Å²) in [5.74, 6) is 1.18. The first kappa shape index (κ1) is 57.7. The molecule has 10 heterocycles. The lowest BCUT2D eigenvalue weighted by molar-refractivity contribution is -0.144. The fourth-order valence-corrected chi connectivity index (χ4v) is 11.7. The van der Waals surface area contributed by atoms with Crippen molar-refractivity contribution in [2.75, 3.05) is 75.4 Å². The first-order chi connectivity index (χ1) is 40.4. The predicted octanol–water partition coefficient (Wildman–Crippen LogP) is 10.1. The Labute approximate surface area is 488 Å². The lowest BCUT2D eigenvalue weighted by Crippen LogP contribution is -2.50. The van der Waals surface area contributed by atoms with Crippen molar-refractivity contribution in [1.82, 2.24) is 59.3 Å². The zero-order valence-electron chi connectivity index (χ0n) is 49.7. The van der Waals surface area contributed by atoms with E-state index in [4.69, 9.17) is 43.8 Å². The van der Waals surface area contributed by atoms with E-state index in [1.807, 2.05) is 101 Å². The van der Waals surface area contributed by atoms with E-state index >= 15 is 0 Å². The number of piperazine rings is 2. The standard InChI is InChI=1S/C32H39N7O5.C30H37N7O3/c1-20-9-10-24-23(18-36-39(24)25-8-6-7-17-42-25)26(20)29(43-21(2)40)28-27-22(11-12-33-28)30(35-19-34-27)37-13-15-38(16-14-37)31(41)44-32(3,4)5;1-20-8-9-25-23(18-34-37(25)26-7-5-6-16-39-26)22(20)17-24-27-21(10-11-31-24)28(33-19-32-27)35-12-14-36(15-13-35)29(38)40-30(2,3)4/h9-12,18-19,25,29H,6-8,13-17H2,1-5H3;8-11,18-19,26H,5-7,12-17H2,1-4H3. The summed E-state index contributed by atoms with van der Waals surface area (Å²) in [5, 5.41) is 13.2. The number of aryl methyl sites for hydroxylation is 2. The summed E-state index contributed by atoms with van der Waals surface area (Å²) in [6.45, 7) is 22.9. The first-order valence-electron chi connectivity index (χ1n) is 29.4. The first-order valence-corrected chi connectivity index (χ1v) is 29.4. The fourth-order valence-electron chi connectivity index (χ4n) is 11.7. The Hall–Kier alpha value is -8.11. The highest BCUT2D eigenvalue weighted by Crippen LogP contribution is 2.39. The van der Waals surface area contributed by atoms with Crippen molar-refractivity contribution < 1.29 is 38.1 Å². The van der Waals surface area contributed by atoms with E-state index in [0.717, 1.165) is 112 Å². The summed E-state index contributed by atoms with van der Waals surface area (Å²) in [4.78, 5) is 73.7. The Morgan fingerprint density at radius 2 is 1.08 bits per heavy atom. The average Bonchev–Trinajstić information content (AvgIpc) is 4.24. The number of amides is 2. The maximum absolute atomic E-state index is 12.6. The SMILES string of the molecule is CC(=O)OC(c1c(C)ccc2c1cnn2C1CCCCO1)c1nccc2c(N3CCN(C(=O)OC(C)(C)C)CC3)ncnc12.Cc1ccc2c(cnn2C2CCCCO2)c1Cc1nccc2c(N3CCN(C(=O)OC(C)(C)C)CC3)ncnc12. The summed E-state index contributed by atoms with van der Waals surface area (Å²) in [5.41, 5.74) is 7.96. The monoisotopic (exact) mass is 1140 g/mol. The smallest absolute Gasteiger partial charge is 0.410 e. The maximum atomic E-state index is 12.6. The van der Waals surface area contributed by atoms with Gasteiger partial charge in [0, 0.05) is 118 Å². The highest BCUT2D eigenvalue weighted by Gasteiger charge is 2.33. The minimum atomic E-state index is -0.823. The molecule has 0 N–H and O–H groups in total. The number of nitrogens with zero attached hydrogens (tertiary/aromatic N) is 14. The van der Waals surface area contributed by atoms with Crippen molar-refractivity contribution in [2.45, 2.75) is 137 Å². The third kappa shape index (κ3) is 12.4. The van der Waals surface area contributed by atoms with Gasteiger partial charge in [-0.25, -0.2) is 38.9 Å². The van der Waals surface area contributed by atoms with Gasteiger partial charge in [0.15, 0.2) is 18.6 Å². The normalized spacial score (nSPS) is 18.4. The molecule has 2 aromatic carbocycles. The molecule has 4 aliphatic heterocycles. The van der Waals surface area contributed by atoms with Gasteiger partial charge in [-0.3, -0.25) is 14.8 Å². The molecular weight excluding hydrogens is 1070 g/mol. The molecular formula is C62H76N14O8. The van der Waals surface area contributed by atoms with Crippen LogP contribution in [0.3, 0.4) is 0 Å². The third-order valence-corrected chi connectivity index (χ3v) is 15.8. The summed E-state index contributed by atoms with van der Waals surface area (Å²) in [6, 6.07) is 12.2. The zero-order chi connectivity index (χ0) is 58.9. The van der Waals surface area contributed by atoms with Crippen LogP contribution < -0.4 is 9.80 Å². The van der Waals surface area contributed by atoms with Gasteiger partial charge in [-0.1, -0.05) is 12.1 Å². The number of rotatable bonds is 9. The lowest BCUT2D eigenvalue weighted by Gasteiger charge is -2.36. The minimum Gasteiger partial charge on any atom is -0.451 e. The van der Waals surface area contributed by atoms with Crippen LogP contribution in [0.15, 0.2) is 73.8 Å². The third-order valence-electron chi connectivity index (χ3n) is 15.8. The molecule has 0 spiro atoms. The Morgan fingerprint density at radius 1 is 0.583 bits per heavy atom. The van der Waals surface area contributed by atoms with Crippen molar-refractivity contribution in [3.8, 4) is 0 Å². The van der Waals surface area contributed by atoms with Gasteiger partial charge in [0.2, 0.25) is 0 Å². The van der Waals surface area contributed by atoms with Crippen LogP contribution in [0.1, 0.15) is 139 Å². The van der Waals surface area contributed by atoms with E-state index < -0.39 is 23.3 Å². The van der Waals surface area contributed by atoms with Crippen molar-refractivity contribution in [3.63, 3.8) is 0 Å². The van der Waals surface area contributed by atoms with Crippen LogP contribution in [0.25, 0.3) is 43.6 Å². The molecule has 3 unspecified atom stereocenters. The van der Waals surface area contributed by atoms with Crippen molar-refractivity contribution in [2.24, 2.45) is 0 Å². The predicted molar refractivity (Wildman–Crippen MR) is 318 cm³/mol. The highest BCUT2D eigenvalue weighted by molar-refractivity contribution is 5.94. The summed E-state index contributed by atoms with van der Waals surface area (Å²) in [7, 11) is 0. The molecule has 0 bridgehead atoms. The largest absolute Gasteiger partial charge is 0.451 e. The van der Waals surface area contributed by atoms with Gasteiger partial charge in [0.25, 0.3) is 0 Å². The second-order valence-corrected chi connectivity index (χ2v) is 24.1. The molecule has 4 fully saturated rings. The topological polar surface area (TPSA) is 223 Å². The maximum Gasteiger partial charge on any atom is 0.410 e. The summed E-state index contributed by atoms with van der Waals surface area (Å²) in [6.07, 6.45) is 15.8. The van der Waals surface area contributed by atoms with Gasteiger partial charge < -0.3 is 43.3 Å². The molecule has 8 aromatic rings. The molecule has 4 aliphatic rings. The fraction of sp³-hybridized carbons (Fsp3) is 0.500. The van der Waals surface area contributed by atoms with Gasteiger partial charge >= 0.3 is 18.2 Å². The lowest BCUT2D eigenvalue weighted by atomic mass is 9.95. The second-order valence-electron chi connectivity index (χ2n) is 24.1. The highest BCUT2D eigenvalue weighted by atomic mass is 16.6. The van der Waals surface area contributed by atoms with Crippen LogP contribution in [-0.4, -0.2) is 154 Å². The zero-order valence-corrected chi connectivity index (χ0v) is 49.7. The number of fused-ring (bicyclic) bond motifs is 4. The second kappa shape index (κ2) is 24.2. The van der Waals surface area contributed by atoms with Crippen molar-refractivity contribution in [3.05, 3.63) is 107 Å². The molecule has 3 atom stereocenters. The Bertz CT molecular complexity index is 3690. The summed E-state index contributed by atoms with van der Waals surface area (Å²) >= 11 is 0. The average molecular weight is 1150 g/mol. The Balaban J connectivity index is 0.000000176. The molecule has 0 saturated carbocycles. The Morgan fingerprint density at radius 3 is 1.61 bits per heavy atom. The number of carbonyl (C=O) groups is 3. The van der Waals surface area contributed by atoms with Crippen molar-refractivity contribution >= 4 is 73.4 Å². The molecule has 12 rings (SSSR count). The molecule has 22 heteroatoms. The van der Waals surface area contributed by atoms with Gasteiger partial charge in [0.1, 0.15) is 46.7 Å². The molecule has 22 nitrogen and oxygen atoms in total. The van der Waals surface area contributed by atoms with Crippen LogP contribution >= 0.6 is 0 Å². The van der Waals surface area contributed by atoms with E-state index in [1.165, 1.54) is 24.4 Å². The van der Waals surface area contributed by atoms with Gasteiger partial charge in [-0.2, -0.15) is 10.2 Å². The van der Waals surface area contributed by atoms with Crippen LogP contribution in [0.5, 0.6) is 0 Å². The summed E-state index contributed by atoms with van der Waals surface area (Å²) < 4.78 is 33.2. The molecule has 84 heavy (non-hydrogen) atoms. The molecule has 0 aliphatic carbocycles. The van der Waals surface area contributed by atoms with Gasteiger partial charge in [-0.05, 0) is 135 Å². The van der Waals surface area contributed by atoms with Crippen LogP contribution in [0.2, 0.25) is 0 Å². The molecule has 6 aromatic heterocycles. The van der Waals surface area contributed by atoms with E-state index in [1.54, 1.807) is 22.3 Å². The quantitative estimate of drug-likeness (QED) is 0.0968. The van der Waals surface area contributed by atoms with E-state index in [-0.39, 0.29) is 24.6 Å². The number of anilines is 2. The van der Waals surface area contributed by atoms with E-state index in [2.05, 4.69) is 48.8 Å². The molecule has 2 amide bonds. The molecule has 0 radical (unpaired) electrons. The molecule has 4 saturated heterocycles. The number of esters is 1. The van der Waals surface area contributed by atoms with Crippen molar-refractivity contribution in [1.29, 1.82) is 0 Å². The minimum absolute atomic E-state index is 0.0106. The van der Waals surface area contributed by atoms with Gasteiger partial charge in [0.05, 0.1) is 34.6 Å². The van der Waals surface area contributed by atoms with Crippen LogP contribution in [0, 0.1) is 13.8 Å². The number of hydrogen-bond donors (Lipinski definition) is 0. The Kier molecular flexibility index (Phi) is 16.6. The number of carbonyl (C=O) groups excluding carboxylic acids is 3. The van der Waals surface area contributed by atoms with Gasteiger partial charge in [-0.15, -0.1) is 0 Å². The van der Waals surface area contributed by atoms with Crippen LogP contribution in [0.4, 0.5) is 21.2 Å². The number of pyridine rings is 2. The number of hydrogen-bond acceptors (Lipinski definition) is 18. The van der Waals surface area contributed by atoms with E-state index in [0.29, 0.717) is 76.6 Å². The van der Waals surface area contributed by atoms with E-state index in [9.17, 15) is 14.4 Å². The number of benzene rings is 2.